The molecule has 0 radical (unpaired) electrons. The summed E-state index contributed by atoms with van der Waals surface area (Å²) in [4.78, 5) is 4.16. The normalized spacial score (nSPS) is 12.6. The van der Waals surface area contributed by atoms with Crippen LogP contribution in [0.1, 0.15) is 17.3 Å². The molecule has 1 atom stereocenters. The van der Waals surface area contributed by atoms with Crippen LogP contribution >= 0.6 is 22.9 Å². The predicted molar refractivity (Wildman–Crippen MR) is 67.3 cm³/mol. The fourth-order valence-corrected chi connectivity index (χ4v) is 2.32. The van der Waals surface area contributed by atoms with Crippen molar-refractivity contribution in [2.45, 2.75) is 12.5 Å². The molecule has 90 valence electrons. The molecule has 6 heteroatoms. The van der Waals surface area contributed by atoms with Crippen LogP contribution in [0.25, 0.3) is 0 Å². The summed E-state index contributed by atoms with van der Waals surface area (Å²) in [7, 11) is 0. The number of halogens is 2. The topological polar surface area (TPSA) is 50.9 Å². The number of hydrogen-bond donors (Lipinski definition) is 2. The van der Waals surface area contributed by atoms with Crippen LogP contribution in [-0.4, -0.2) is 4.98 Å². The van der Waals surface area contributed by atoms with Crippen molar-refractivity contribution >= 4 is 22.9 Å². The minimum Gasteiger partial charge on any atom is -0.271 e. The fourth-order valence-electron chi connectivity index (χ4n) is 1.55. The lowest BCUT2D eigenvalue weighted by atomic mass is 10.0. The Morgan fingerprint density at radius 1 is 1.53 bits per heavy atom. The van der Waals surface area contributed by atoms with Gasteiger partial charge in [0.25, 0.3) is 0 Å². The fraction of sp³-hybridized carbons (Fsp3) is 0.182. The van der Waals surface area contributed by atoms with Gasteiger partial charge in [-0.2, -0.15) is 0 Å². The van der Waals surface area contributed by atoms with E-state index in [-0.39, 0.29) is 11.9 Å². The highest BCUT2D eigenvalue weighted by molar-refractivity contribution is 7.07. The Hall–Kier alpha value is -1.01. The number of rotatable bonds is 4. The van der Waals surface area contributed by atoms with Crippen LogP contribution in [0.3, 0.4) is 0 Å². The molecule has 1 unspecified atom stereocenters. The van der Waals surface area contributed by atoms with Crippen LogP contribution in [0.2, 0.25) is 5.02 Å². The monoisotopic (exact) mass is 271 g/mol. The molecule has 2 rings (SSSR count). The molecule has 0 saturated heterocycles. The summed E-state index contributed by atoms with van der Waals surface area (Å²) in [5, 5.41) is 2.27. The van der Waals surface area contributed by atoms with Gasteiger partial charge in [-0.3, -0.25) is 11.3 Å². The Bertz CT molecular complexity index is 489. The number of nitrogens with two attached hydrogens (primary N) is 1. The molecule has 0 aliphatic carbocycles. The smallest absolute Gasteiger partial charge is 0.127 e. The van der Waals surface area contributed by atoms with Crippen molar-refractivity contribution in [1.29, 1.82) is 0 Å². The van der Waals surface area contributed by atoms with Crippen LogP contribution in [0.4, 0.5) is 4.39 Å². The van der Waals surface area contributed by atoms with Gasteiger partial charge in [0.15, 0.2) is 0 Å². The Morgan fingerprint density at radius 2 is 2.35 bits per heavy atom. The molecule has 0 fully saturated rings. The zero-order valence-electron chi connectivity index (χ0n) is 8.86. The highest BCUT2D eigenvalue weighted by Gasteiger charge is 2.14. The molecule has 0 aliphatic heterocycles. The third kappa shape index (κ3) is 3.01. The lowest BCUT2D eigenvalue weighted by Gasteiger charge is -2.14. The first-order valence-electron chi connectivity index (χ1n) is 4.99. The van der Waals surface area contributed by atoms with Gasteiger partial charge in [0, 0.05) is 10.4 Å². The van der Waals surface area contributed by atoms with E-state index in [1.165, 1.54) is 17.4 Å². The number of aromatic nitrogens is 1. The van der Waals surface area contributed by atoms with E-state index in [1.807, 2.05) is 5.38 Å². The lowest BCUT2D eigenvalue weighted by molar-refractivity contribution is 0.521. The Balaban J connectivity index is 2.19. The van der Waals surface area contributed by atoms with Gasteiger partial charge < -0.3 is 0 Å². The summed E-state index contributed by atoms with van der Waals surface area (Å²) in [5.41, 5.74) is 5.73. The maximum atomic E-state index is 13.6. The third-order valence-corrected chi connectivity index (χ3v) is 3.29. The lowest BCUT2D eigenvalue weighted by Crippen LogP contribution is -2.30. The van der Waals surface area contributed by atoms with Gasteiger partial charge in [-0.15, -0.1) is 11.3 Å². The largest absolute Gasteiger partial charge is 0.271 e. The Labute approximate surface area is 107 Å². The average Bonchev–Trinajstić information content (AvgIpc) is 2.81. The van der Waals surface area contributed by atoms with E-state index in [4.69, 9.17) is 17.4 Å². The van der Waals surface area contributed by atoms with Crippen LogP contribution in [-0.2, 0) is 6.42 Å². The van der Waals surface area contributed by atoms with Gasteiger partial charge in [-0.25, -0.2) is 9.37 Å². The zero-order chi connectivity index (χ0) is 12.3. The highest BCUT2D eigenvalue weighted by Crippen LogP contribution is 2.21. The molecule has 17 heavy (non-hydrogen) atoms. The van der Waals surface area contributed by atoms with E-state index in [9.17, 15) is 4.39 Å². The minimum atomic E-state index is -0.326. The first kappa shape index (κ1) is 12.4. The quantitative estimate of drug-likeness (QED) is 0.664. The van der Waals surface area contributed by atoms with Crippen LogP contribution < -0.4 is 11.3 Å². The van der Waals surface area contributed by atoms with Crippen molar-refractivity contribution in [2.75, 3.05) is 0 Å². The number of nitrogens with one attached hydrogen (secondary N) is 1. The van der Waals surface area contributed by atoms with E-state index in [0.29, 0.717) is 17.0 Å². The van der Waals surface area contributed by atoms with E-state index in [0.717, 1.165) is 5.69 Å². The number of thiazole rings is 1. The summed E-state index contributed by atoms with van der Waals surface area (Å²) < 4.78 is 13.6. The minimum absolute atomic E-state index is 0.197. The summed E-state index contributed by atoms with van der Waals surface area (Å²) in [6, 6.07) is 4.42. The summed E-state index contributed by atoms with van der Waals surface area (Å²) >= 11 is 7.17. The third-order valence-electron chi connectivity index (χ3n) is 2.45. The van der Waals surface area contributed by atoms with Crippen LogP contribution in [0.5, 0.6) is 0 Å². The van der Waals surface area contributed by atoms with Crippen molar-refractivity contribution in [1.82, 2.24) is 10.4 Å². The molecule has 1 heterocycles. The molecule has 1 aromatic heterocycles. The number of hydrazine groups is 1. The molecular weight excluding hydrogens is 261 g/mol. The molecule has 0 spiro atoms. The first-order chi connectivity index (χ1) is 8.20. The molecule has 3 nitrogen and oxygen atoms in total. The van der Waals surface area contributed by atoms with Crippen LogP contribution in [0, 0.1) is 5.82 Å². The average molecular weight is 272 g/mol. The van der Waals surface area contributed by atoms with Crippen LogP contribution in [0.15, 0.2) is 29.1 Å². The number of nitrogens with zero attached hydrogens (tertiary/aromatic N) is 1. The molecule has 3 N–H and O–H groups in total. The maximum Gasteiger partial charge on any atom is 0.127 e. The second kappa shape index (κ2) is 5.55. The SMILES string of the molecule is NNC(Cc1ccc(Cl)cc1F)c1cscn1. The van der Waals surface area contributed by atoms with Crippen molar-refractivity contribution in [3.05, 3.63) is 51.2 Å². The molecule has 1 aromatic carbocycles. The van der Waals surface area contributed by atoms with E-state index < -0.39 is 0 Å². The van der Waals surface area contributed by atoms with Gasteiger partial charge in [-0.05, 0) is 24.1 Å². The summed E-state index contributed by atoms with van der Waals surface area (Å²) in [6.07, 6.45) is 0.434. The number of hydrogen-bond acceptors (Lipinski definition) is 4. The Kier molecular flexibility index (Phi) is 4.06. The molecule has 0 saturated carbocycles. The van der Waals surface area contributed by atoms with Gasteiger partial charge in [-0.1, -0.05) is 17.7 Å². The van der Waals surface area contributed by atoms with Crippen molar-refractivity contribution in [3.8, 4) is 0 Å². The standard InChI is InChI=1S/C11H11ClFN3S/c12-8-2-1-7(9(13)4-8)3-10(16-14)11-5-17-6-15-11/h1-2,4-6,10,16H,3,14H2. The summed E-state index contributed by atoms with van der Waals surface area (Å²) in [6.45, 7) is 0. The predicted octanol–water partition coefficient (Wildman–Crippen LogP) is 2.68. The molecule has 0 amide bonds. The van der Waals surface area contributed by atoms with Crippen molar-refractivity contribution in [3.63, 3.8) is 0 Å². The van der Waals surface area contributed by atoms with E-state index in [1.54, 1.807) is 17.6 Å². The van der Waals surface area contributed by atoms with E-state index in [2.05, 4.69) is 10.4 Å². The Morgan fingerprint density at radius 3 is 2.94 bits per heavy atom. The van der Waals surface area contributed by atoms with Crippen molar-refractivity contribution in [2.24, 2.45) is 5.84 Å². The maximum absolute atomic E-state index is 13.6. The van der Waals surface area contributed by atoms with Crippen molar-refractivity contribution < 1.29 is 4.39 Å². The highest BCUT2D eigenvalue weighted by atomic mass is 35.5. The molecular formula is C11H11ClFN3S. The zero-order valence-corrected chi connectivity index (χ0v) is 10.4. The van der Waals surface area contributed by atoms with Gasteiger partial charge >= 0.3 is 0 Å². The van der Waals surface area contributed by atoms with E-state index >= 15 is 0 Å². The molecule has 0 aliphatic rings. The number of benzene rings is 1. The molecule has 2 aromatic rings. The second-order valence-corrected chi connectivity index (χ2v) is 4.73. The molecule has 0 bridgehead atoms. The second-order valence-electron chi connectivity index (χ2n) is 3.57. The van der Waals surface area contributed by atoms with Gasteiger partial charge in [0.2, 0.25) is 0 Å². The summed E-state index contributed by atoms with van der Waals surface area (Å²) in [5.74, 6) is 5.13. The first-order valence-corrected chi connectivity index (χ1v) is 6.31. The van der Waals surface area contributed by atoms with Gasteiger partial charge in [0.1, 0.15) is 5.82 Å². The van der Waals surface area contributed by atoms with Gasteiger partial charge in [0.05, 0.1) is 17.2 Å².